The number of rotatable bonds is 5. The minimum absolute atomic E-state index is 0.180. The topological polar surface area (TPSA) is 68.3 Å². The van der Waals surface area contributed by atoms with Crippen molar-refractivity contribution >= 4 is 21.4 Å². The summed E-state index contributed by atoms with van der Waals surface area (Å²) in [6.45, 7) is 3.00. The maximum Gasteiger partial charge on any atom is 0.199 e. The molecule has 0 atom stereocenters. The first kappa shape index (κ1) is 13.6. The van der Waals surface area contributed by atoms with Gasteiger partial charge in [-0.05, 0) is 19.1 Å². The van der Waals surface area contributed by atoms with Crippen LogP contribution in [0.3, 0.4) is 0 Å². The second kappa shape index (κ2) is 5.23. The molecule has 0 saturated heterocycles. The van der Waals surface area contributed by atoms with Crippen molar-refractivity contribution in [2.24, 2.45) is 0 Å². The van der Waals surface area contributed by atoms with E-state index in [0.717, 1.165) is 12.5 Å². The molecule has 1 rings (SSSR count). The van der Waals surface area contributed by atoms with Crippen LogP contribution in [0.5, 0.6) is 0 Å². The monoisotopic (exact) mass is 254 g/mol. The highest BCUT2D eigenvalue weighted by atomic mass is 32.2. The maximum absolute atomic E-state index is 11.8. The summed E-state index contributed by atoms with van der Waals surface area (Å²) in [5, 5.41) is 0. The summed E-state index contributed by atoms with van der Waals surface area (Å²) < 4.78 is 23.6. The molecule has 0 amide bonds. The van der Waals surface area contributed by atoms with Crippen LogP contribution < -0.4 is 0 Å². The summed E-state index contributed by atoms with van der Waals surface area (Å²) in [5.74, 6) is -1.58. The third kappa shape index (κ3) is 3.78. The van der Waals surface area contributed by atoms with Gasteiger partial charge in [-0.1, -0.05) is 17.7 Å². The highest BCUT2D eigenvalue weighted by Crippen LogP contribution is 2.13. The number of sulfone groups is 1. The van der Waals surface area contributed by atoms with Crippen LogP contribution in [0.25, 0.3) is 0 Å². The summed E-state index contributed by atoms with van der Waals surface area (Å²) in [6, 6.07) is 6.39. The minimum atomic E-state index is -3.48. The van der Waals surface area contributed by atoms with E-state index in [-0.39, 0.29) is 17.1 Å². The first-order chi connectivity index (χ1) is 7.83. The number of carbonyl (C=O) groups is 2. The highest BCUT2D eigenvalue weighted by Gasteiger charge is 2.17. The Morgan fingerprint density at radius 3 is 2.12 bits per heavy atom. The van der Waals surface area contributed by atoms with Crippen molar-refractivity contribution in [3.8, 4) is 0 Å². The Balaban J connectivity index is 2.79. The molecule has 0 bridgehead atoms. The summed E-state index contributed by atoms with van der Waals surface area (Å²) in [4.78, 5) is 21.9. The van der Waals surface area contributed by atoms with Crippen molar-refractivity contribution in [2.75, 3.05) is 5.75 Å². The Bertz CT molecular complexity index is 526. The number of hydrogen-bond donors (Lipinski definition) is 0. The molecule has 4 nitrogen and oxygen atoms in total. The fourth-order valence-corrected chi connectivity index (χ4v) is 2.51. The van der Waals surface area contributed by atoms with Gasteiger partial charge in [-0.15, -0.1) is 0 Å². The van der Waals surface area contributed by atoms with Crippen molar-refractivity contribution in [3.63, 3.8) is 0 Å². The quantitative estimate of drug-likeness (QED) is 0.743. The van der Waals surface area contributed by atoms with Gasteiger partial charge in [0.1, 0.15) is 0 Å². The predicted octanol–water partition coefficient (Wildman–Crippen LogP) is 1.32. The zero-order chi connectivity index (χ0) is 13.1. The average Bonchev–Trinajstić information content (AvgIpc) is 2.26. The van der Waals surface area contributed by atoms with E-state index >= 15 is 0 Å². The molecule has 0 spiro atoms. The van der Waals surface area contributed by atoms with Crippen LogP contribution in [-0.4, -0.2) is 25.7 Å². The summed E-state index contributed by atoms with van der Waals surface area (Å²) >= 11 is 0. The van der Waals surface area contributed by atoms with E-state index in [1.54, 1.807) is 12.1 Å². The van der Waals surface area contributed by atoms with Gasteiger partial charge in [-0.25, -0.2) is 8.42 Å². The van der Waals surface area contributed by atoms with E-state index in [1.807, 2.05) is 6.92 Å². The second-order valence-electron chi connectivity index (χ2n) is 3.86. The molecule has 0 aromatic heterocycles. The van der Waals surface area contributed by atoms with Gasteiger partial charge in [0.15, 0.2) is 21.4 Å². The molecule has 0 radical (unpaired) electrons. The van der Waals surface area contributed by atoms with E-state index in [4.69, 9.17) is 0 Å². The summed E-state index contributed by atoms with van der Waals surface area (Å²) in [5.41, 5.74) is 0.962. The normalized spacial score (nSPS) is 11.2. The zero-order valence-corrected chi connectivity index (χ0v) is 10.6. The van der Waals surface area contributed by atoms with E-state index in [2.05, 4.69) is 0 Å². The minimum Gasteiger partial charge on any atom is -0.291 e. The molecular weight excluding hydrogens is 240 g/mol. The Morgan fingerprint density at radius 1 is 1.12 bits per heavy atom. The lowest BCUT2D eigenvalue weighted by Crippen LogP contribution is -2.16. The largest absolute Gasteiger partial charge is 0.291 e. The molecular formula is C12H14O4S. The molecule has 0 aliphatic rings. The lowest BCUT2D eigenvalue weighted by atomic mass is 10.2. The summed E-state index contributed by atoms with van der Waals surface area (Å²) in [7, 11) is -3.48. The van der Waals surface area contributed by atoms with E-state index < -0.39 is 21.4 Å². The third-order valence-electron chi connectivity index (χ3n) is 2.37. The fraction of sp³-hybridized carbons (Fsp3) is 0.333. The van der Waals surface area contributed by atoms with Gasteiger partial charge in [0.05, 0.1) is 10.6 Å². The molecule has 0 unspecified atom stereocenters. The Kier molecular flexibility index (Phi) is 4.17. The molecule has 0 heterocycles. The van der Waals surface area contributed by atoms with Crippen molar-refractivity contribution in [3.05, 3.63) is 29.8 Å². The van der Waals surface area contributed by atoms with Crippen LogP contribution in [0.4, 0.5) is 0 Å². The van der Waals surface area contributed by atoms with Crippen LogP contribution in [0.2, 0.25) is 0 Å². The molecule has 1 aromatic rings. The van der Waals surface area contributed by atoms with Gasteiger partial charge >= 0.3 is 0 Å². The molecule has 1 aromatic carbocycles. The Hall–Kier alpha value is -1.49. The van der Waals surface area contributed by atoms with Gasteiger partial charge in [-0.3, -0.25) is 9.59 Å². The lowest BCUT2D eigenvalue weighted by molar-refractivity contribution is -0.135. The first-order valence-corrected chi connectivity index (χ1v) is 6.81. The van der Waals surface area contributed by atoms with E-state index in [1.165, 1.54) is 12.1 Å². The van der Waals surface area contributed by atoms with Crippen molar-refractivity contribution in [1.82, 2.24) is 0 Å². The van der Waals surface area contributed by atoms with Crippen LogP contribution in [0.1, 0.15) is 18.9 Å². The van der Waals surface area contributed by atoms with Gasteiger partial charge in [0, 0.05) is 13.3 Å². The SMILES string of the molecule is CC(=O)C(=O)CCS(=O)(=O)c1ccc(C)cc1. The van der Waals surface area contributed by atoms with Crippen LogP contribution in [-0.2, 0) is 19.4 Å². The third-order valence-corrected chi connectivity index (χ3v) is 4.10. The smallest absolute Gasteiger partial charge is 0.199 e. The molecule has 0 saturated carbocycles. The summed E-state index contributed by atoms with van der Waals surface area (Å²) in [6.07, 6.45) is -0.258. The lowest BCUT2D eigenvalue weighted by Gasteiger charge is -2.03. The van der Waals surface area contributed by atoms with Crippen molar-refractivity contribution in [1.29, 1.82) is 0 Å². The Labute approximate surface area is 101 Å². The zero-order valence-electron chi connectivity index (χ0n) is 9.76. The molecule has 0 N–H and O–H groups in total. The fourth-order valence-electron chi connectivity index (χ4n) is 1.27. The van der Waals surface area contributed by atoms with Crippen molar-refractivity contribution < 1.29 is 18.0 Å². The maximum atomic E-state index is 11.8. The number of hydrogen-bond acceptors (Lipinski definition) is 4. The molecule has 0 fully saturated rings. The van der Waals surface area contributed by atoms with Crippen molar-refractivity contribution in [2.45, 2.75) is 25.2 Å². The number of aryl methyl sites for hydroxylation is 1. The van der Waals surface area contributed by atoms with Crippen LogP contribution in [0.15, 0.2) is 29.2 Å². The Morgan fingerprint density at radius 2 is 1.65 bits per heavy atom. The number of ketones is 2. The first-order valence-electron chi connectivity index (χ1n) is 5.16. The van der Waals surface area contributed by atoms with Gasteiger partial charge < -0.3 is 0 Å². The molecule has 17 heavy (non-hydrogen) atoms. The van der Waals surface area contributed by atoms with Crippen LogP contribution in [0, 0.1) is 6.92 Å². The highest BCUT2D eigenvalue weighted by molar-refractivity contribution is 7.91. The molecule has 0 aliphatic heterocycles. The molecule has 92 valence electrons. The average molecular weight is 254 g/mol. The van der Waals surface area contributed by atoms with E-state index in [9.17, 15) is 18.0 Å². The number of carbonyl (C=O) groups excluding carboxylic acids is 2. The standard InChI is InChI=1S/C12H14O4S/c1-9-3-5-11(6-4-9)17(15,16)8-7-12(14)10(2)13/h3-6H,7-8H2,1-2H3. The number of benzene rings is 1. The second-order valence-corrected chi connectivity index (χ2v) is 5.97. The van der Waals surface area contributed by atoms with E-state index in [0.29, 0.717) is 0 Å². The van der Waals surface area contributed by atoms with Gasteiger partial charge in [0.25, 0.3) is 0 Å². The molecule has 0 aliphatic carbocycles. The van der Waals surface area contributed by atoms with Crippen LogP contribution >= 0.6 is 0 Å². The number of Topliss-reactive ketones (excluding diaryl/α,β-unsaturated/α-hetero) is 2. The van der Waals surface area contributed by atoms with Gasteiger partial charge in [0.2, 0.25) is 0 Å². The predicted molar refractivity (Wildman–Crippen MR) is 63.5 cm³/mol. The molecule has 5 heteroatoms. The van der Waals surface area contributed by atoms with Gasteiger partial charge in [-0.2, -0.15) is 0 Å².